The second kappa shape index (κ2) is 7.50. The van der Waals surface area contributed by atoms with Gasteiger partial charge in [-0.3, -0.25) is 20.4 Å². The average molecular weight is 384 g/mol. The number of fused-ring (bicyclic) bond motifs is 1. The molecule has 28 heavy (non-hydrogen) atoms. The third-order valence-corrected chi connectivity index (χ3v) is 5.36. The van der Waals surface area contributed by atoms with Gasteiger partial charge in [0.2, 0.25) is 5.91 Å². The smallest absolute Gasteiger partial charge is 0.269 e. The molecule has 1 saturated carbocycles. The summed E-state index contributed by atoms with van der Waals surface area (Å²) in [6, 6.07) is 11.0. The summed E-state index contributed by atoms with van der Waals surface area (Å²) >= 11 is 0. The van der Waals surface area contributed by atoms with Crippen LogP contribution in [0.3, 0.4) is 0 Å². The molecule has 1 aliphatic heterocycles. The third-order valence-electron chi connectivity index (χ3n) is 5.36. The lowest BCUT2D eigenvalue weighted by Crippen LogP contribution is -2.50. The molecule has 2 aliphatic rings. The van der Waals surface area contributed by atoms with Gasteiger partial charge in [-0.1, -0.05) is 25.0 Å². The van der Waals surface area contributed by atoms with Gasteiger partial charge < -0.3 is 9.47 Å². The molecule has 0 saturated heterocycles. The minimum Gasteiger partial charge on any atom is -0.486 e. The predicted molar refractivity (Wildman–Crippen MR) is 99.6 cm³/mol. The first-order valence-corrected chi connectivity index (χ1v) is 9.35. The van der Waals surface area contributed by atoms with Crippen LogP contribution in [0.2, 0.25) is 0 Å². The Morgan fingerprint density at radius 1 is 0.929 bits per heavy atom. The van der Waals surface area contributed by atoms with Crippen LogP contribution in [0.15, 0.2) is 42.5 Å². The van der Waals surface area contributed by atoms with Crippen LogP contribution < -0.4 is 20.3 Å². The molecule has 4 rings (SSSR count). The first kappa shape index (κ1) is 18.3. The molecule has 2 aromatic carbocycles. The van der Waals surface area contributed by atoms with E-state index in [0.717, 1.165) is 12.8 Å². The first-order valence-electron chi connectivity index (χ1n) is 9.35. The van der Waals surface area contributed by atoms with E-state index >= 15 is 0 Å². The van der Waals surface area contributed by atoms with Crippen LogP contribution in [0.5, 0.6) is 11.5 Å². The van der Waals surface area contributed by atoms with Crippen molar-refractivity contribution in [2.24, 2.45) is 0 Å². The van der Waals surface area contributed by atoms with Crippen LogP contribution in [0.4, 0.5) is 4.39 Å². The third kappa shape index (κ3) is 3.40. The van der Waals surface area contributed by atoms with Gasteiger partial charge in [-0.25, -0.2) is 4.39 Å². The monoisotopic (exact) mass is 384 g/mol. The van der Waals surface area contributed by atoms with E-state index in [4.69, 9.17) is 9.47 Å². The zero-order valence-corrected chi connectivity index (χ0v) is 15.3. The molecular formula is C21H21FN2O4. The average Bonchev–Trinajstić information content (AvgIpc) is 3.22. The highest BCUT2D eigenvalue weighted by Gasteiger charge is 2.43. The van der Waals surface area contributed by atoms with Gasteiger partial charge in [-0.05, 0) is 48.7 Å². The second-order valence-corrected chi connectivity index (χ2v) is 7.07. The molecule has 7 heteroatoms. The molecular weight excluding hydrogens is 363 g/mol. The van der Waals surface area contributed by atoms with Crippen molar-refractivity contribution in [3.63, 3.8) is 0 Å². The van der Waals surface area contributed by atoms with E-state index < -0.39 is 11.3 Å². The Morgan fingerprint density at radius 3 is 2.43 bits per heavy atom. The summed E-state index contributed by atoms with van der Waals surface area (Å²) in [5.41, 5.74) is 5.14. The van der Waals surface area contributed by atoms with E-state index in [1.807, 2.05) is 0 Å². The summed E-state index contributed by atoms with van der Waals surface area (Å²) in [7, 11) is 0. The predicted octanol–water partition coefficient (Wildman–Crippen LogP) is 2.87. The fourth-order valence-corrected chi connectivity index (χ4v) is 3.90. The fourth-order valence-electron chi connectivity index (χ4n) is 3.90. The highest BCUT2D eigenvalue weighted by atomic mass is 19.1. The van der Waals surface area contributed by atoms with E-state index in [1.54, 1.807) is 30.3 Å². The van der Waals surface area contributed by atoms with Gasteiger partial charge in [0.25, 0.3) is 5.91 Å². The molecule has 0 bridgehead atoms. The number of hydrogen-bond acceptors (Lipinski definition) is 4. The number of benzene rings is 2. The minimum absolute atomic E-state index is 0.332. The van der Waals surface area contributed by atoms with Gasteiger partial charge in [0.05, 0.1) is 5.41 Å². The fraction of sp³-hybridized carbons (Fsp3) is 0.333. The lowest BCUT2D eigenvalue weighted by Gasteiger charge is -2.28. The Labute approximate surface area is 162 Å². The summed E-state index contributed by atoms with van der Waals surface area (Å²) in [5, 5.41) is 0. The van der Waals surface area contributed by atoms with Crippen molar-refractivity contribution in [3.05, 3.63) is 59.4 Å². The zero-order chi connectivity index (χ0) is 19.6. The van der Waals surface area contributed by atoms with E-state index in [2.05, 4.69) is 10.9 Å². The number of carbonyl (C=O) groups excluding carboxylic acids is 2. The van der Waals surface area contributed by atoms with Crippen molar-refractivity contribution in [1.82, 2.24) is 10.9 Å². The molecule has 2 N–H and O–H groups in total. The van der Waals surface area contributed by atoms with E-state index in [1.165, 1.54) is 12.1 Å². The van der Waals surface area contributed by atoms with Crippen LogP contribution >= 0.6 is 0 Å². The summed E-state index contributed by atoms with van der Waals surface area (Å²) in [6.07, 6.45) is 2.98. The summed E-state index contributed by atoms with van der Waals surface area (Å²) < 4.78 is 24.6. The second-order valence-electron chi connectivity index (χ2n) is 7.07. The number of amides is 2. The Bertz CT molecular complexity index is 909. The topological polar surface area (TPSA) is 76.7 Å². The molecule has 1 aliphatic carbocycles. The largest absolute Gasteiger partial charge is 0.486 e. The lowest BCUT2D eigenvalue weighted by atomic mass is 9.78. The molecule has 6 nitrogen and oxygen atoms in total. The zero-order valence-electron chi connectivity index (χ0n) is 15.3. The number of ether oxygens (including phenoxy) is 2. The number of nitrogens with one attached hydrogen (secondary N) is 2. The maximum Gasteiger partial charge on any atom is 0.269 e. The molecule has 2 amide bonds. The summed E-state index contributed by atoms with van der Waals surface area (Å²) in [6.45, 7) is 0.891. The van der Waals surface area contributed by atoms with Crippen LogP contribution in [-0.4, -0.2) is 25.0 Å². The first-order chi connectivity index (χ1) is 13.6. The molecule has 0 atom stereocenters. The number of carbonyl (C=O) groups is 2. The van der Waals surface area contributed by atoms with Crippen LogP contribution in [0.1, 0.15) is 41.6 Å². The van der Waals surface area contributed by atoms with Crippen molar-refractivity contribution >= 4 is 11.8 Å². The molecule has 2 aromatic rings. The van der Waals surface area contributed by atoms with Crippen molar-refractivity contribution < 1.29 is 23.5 Å². The number of rotatable bonds is 3. The van der Waals surface area contributed by atoms with Crippen molar-refractivity contribution in [1.29, 1.82) is 0 Å². The maximum atomic E-state index is 13.7. The maximum absolute atomic E-state index is 13.7. The van der Waals surface area contributed by atoms with E-state index in [0.29, 0.717) is 48.7 Å². The SMILES string of the molecule is O=C(NNC(=O)C1(c2cccc(F)c2)CCCC1)c1ccc2c(c1)OCCO2. The normalized spacial score (nSPS) is 17.0. The van der Waals surface area contributed by atoms with Gasteiger partial charge in [0.15, 0.2) is 11.5 Å². The summed E-state index contributed by atoms with van der Waals surface area (Å²) in [4.78, 5) is 25.4. The van der Waals surface area contributed by atoms with Gasteiger partial charge in [0.1, 0.15) is 19.0 Å². The van der Waals surface area contributed by atoms with Crippen molar-refractivity contribution in [2.45, 2.75) is 31.1 Å². The van der Waals surface area contributed by atoms with Crippen molar-refractivity contribution in [3.8, 4) is 11.5 Å². The Hall–Kier alpha value is -3.09. The van der Waals surface area contributed by atoms with Gasteiger partial charge in [-0.15, -0.1) is 0 Å². The molecule has 1 fully saturated rings. The Balaban J connectivity index is 1.47. The van der Waals surface area contributed by atoms with Crippen LogP contribution in [-0.2, 0) is 10.2 Å². The minimum atomic E-state index is -0.831. The van der Waals surface area contributed by atoms with E-state index in [-0.39, 0.29) is 11.7 Å². The Morgan fingerprint density at radius 2 is 1.68 bits per heavy atom. The van der Waals surface area contributed by atoms with Gasteiger partial charge >= 0.3 is 0 Å². The highest BCUT2D eigenvalue weighted by Crippen LogP contribution is 2.41. The highest BCUT2D eigenvalue weighted by molar-refractivity contribution is 5.97. The van der Waals surface area contributed by atoms with E-state index in [9.17, 15) is 14.0 Å². The number of halogens is 1. The lowest BCUT2D eigenvalue weighted by molar-refractivity contribution is -0.127. The number of hydrazine groups is 1. The summed E-state index contributed by atoms with van der Waals surface area (Å²) in [5.74, 6) is -0.0869. The molecule has 0 spiro atoms. The molecule has 0 unspecified atom stereocenters. The molecule has 1 heterocycles. The number of hydrogen-bond donors (Lipinski definition) is 2. The molecule has 0 aromatic heterocycles. The van der Waals surface area contributed by atoms with Gasteiger partial charge in [-0.2, -0.15) is 0 Å². The standard InChI is InChI=1S/C21H21FN2O4/c22-16-5-3-4-15(13-16)21(8-1-2-9-21)20(26)24-23-19(25)14-6-7-17-18(12-14)28-11-10-27-17/h3-7,12-13H,1-2,8-11H2,(H,23,25)(H,24,26). The van der Waals surface area contributed by atoms with Crippen LogP contribution in [0, 0.1) is 5.82 Å². The van der Waals surface area contributed by atoms with Crippen LogP contribution in [0.25, 0.3) is 0 Å². The van der Waals surface area contributed by atoms with Gasteiger partial charge in [0, 0.05) is 5.56 Å². The molecule has 146 valence electrons. The van der Waals surface area contributed by atoms with Crippen molar-refractivity contribution in [2.75, 3.05) is 13.2 Å². The Kier molecular flexibility index (Phi) is 4.90. The molecule has 0 radical (unpaired) electrons. The quantitative estimate of drug-likeness (QED) is 0.798.